The summed E-state index contributed by atoms with van der Waals surface area (Å²) in [5.74, 6) is -0.555. The Bertz CT molecular complexity index is 921. The zero-order valence-corrected chi connectivity index (χ0v) is 29.5. The van der Waals surface area contributed by atoms with E-state index in [0.29, 0.717) is 150 Å². The van der Waals surface area contributed by atoms with Crippen LogP contribution in [0.25, 0.3) is 0 Å². The maximum absolute atomic E-state index is 12.3. The lowest BCUT2D eigenvalue weighted by Gasteiger charge is -2.13. The molecule has 0 spiro atoms. The van der Waals surface area contributed by atoms with E-state index in [2.05, 4.69) is 4.90 Å². The van der Waals surface area contributed by atoms with E-state index < -0.39 is 0 Å². The molecule has 15 heteroatoms. The number of hydrogen-bond acceptors (Lipinski definition) is 14. The third-order valence-corrected chi connectivity index (χ3v) is 6.74. The van der Waals surface area contributed by atoms with Crippen molar-refractivity contribution in [1.82, 2.24) is 9.80 Å². The Hall–Kier alpha value is -2.12. The minimum absolute atomic E-state index is 0.215. The van der Waals surface area contributed by atoms with Crippen molar-refractivity contribution < 1.29 is 61.7 Å². The van der Waals surface area contributed by atoms with Crippen LogP contribution in [0.15, 0.2) is 24.3 Å². The predicted molar refractivity (Wildman–Crippen MR) is 179 cm³/mol. The minimum atomic E-state index is -0.277. The molecule has 1 aromatic carbocycles. The quantitative estimate of drug-likeness (QED) is 0.0726. The molecular formula is C34H58N2O13. The number of likely N-dealkylation sites (N-methyl/N-ethyl adjacent to an activating group) is 1. The van der Waals surface area contributed by atoms with E-state index >= 15 is 0 Å². The van der Waals surface area contributed by atoms with Crippen LogP contribution in [0.4, 0.5) is 0 Å². The van der Waals surface area contributed by atoms with Crippen molar-refractivity contribution in [2.24, 2.45) is 0 Å². The molecule has 0 N–H and O–H groups in total. The molecule has 0 atom stereocenters. The Labute approximate surface area is 291 Å². The molecule has 1 aliphatic heterocycles. The summed E-state index contributed by atoms with van der Waals surface area (Å²) in [6.07, 6.45) is 0. The Morgan fingerprint density at radius 3 is 0.918 bits per heavy atom. The van der Waals surface area contributed by atoms with Gasteiger partial charge in [-0.05, 0) is 26.2 Å². The number of ether oxygens (including phenoxy) is 11. The molecule has 2 amide bonds. The van der Waals surface area contributed by atoms with E-state index in [-0.39, 0.29) is 25.0 Å². The fraction of sp³-hybridized carbons (Fsp3) is 0.765. The summed E-state index contributed by atoms with van der Waals surface area (Å²) >= 11 is 0. The summed E-state index contributed by atoms with van der Waals surface area (Å²) in [6, 6.07) is 6.82. The predicted octanol–water partition coefficient (Wildman–Crippen LogP) is 1.03. The second-order valence-corrected chi connectivity index (χ2v) is 10.8. The molecule has 0 saturated carbocycles. The number of benzene rings is 1. The van der Waals surface area contributed by atoms with Gasteiger partial charge in [0, 0.05) is 6.54 Å². The average Bonchev–Trinajstić information content (AvgIpc) is 3.34. The van der Waals surface area contributed by atoms with Crippen LogP contribution < -0.4 is 0 Å². The van der Waals surface area contributed by atoms with Crippen LogP contribution in [0.1, 0.15) is 20.7 Å². The van der Waals surface area contributed by atoms with Gasteiger partial charge in [0.2, 0.25) is 0 Å². The van der Waals surface area contributed by atoms with E-state index in [0.717, 1.165) is 6.54 Å². The molecule has 0 bridgehead atoms. The van der Waals surface area contributed by atoms with Gasteiger partial charge in [-0.25, -0.2) is 0 Å². The highest BCUT2D eigenvalue weighted by Crippen LogP contribution is 2.21. The van der Waals surface area contributed by atoms with Gasteiger partial charge < -0.3 is 57.0 Å². The van der Waals surface area contributed by atoms with Gasteiger partial charge in [-0.15, -0.1) is 0 Å². The van der Waals surface area contributed by atoms with Crippen molar-refractivity contribution in [1.29, 1.82) is 0 Å². The smallest absolute Gasteiger partial charge is 0.261 e. The lowest BCUT2D eigenvalue weighted by Crippen LogP contribution is -2.33. The molecule has 0 aromatic heterocycles. The van der Waals surface area contributed by atoms with Crippen LogP contribution in [0, 0.1) is 0 Å². The maximum Gasteiger partial charge on any atom is 0.261 e. The maximum atomic E-state index is 12.3. The molecule has 0 fully saturated rings. The highest BCUT2D eigenvalue weighted by molar-refractivity contribution is 6.21. The fourth-order valence-corrected chi connectivity index (χ4v) is 4.15. The van der Waals surface area contributed by atoms with Gasteiger partial charge in [0.1, 0.15) is 0 Å². The number of carbonyl (C=O) groups is 2. The first kappa shape index (κ1) is 43.0. The first-order valence-corrected chi connectivity index (χ1v) is 17.1. The number of fused-ring (bicyclic) bond motifs is 1. The third kappa shape index (κ3) is 22.3. The van der Waals surface area contributed by atoms with Crippen LogP contribution in [-0.4, -0.2) is 194 Å². The van der Waals surface area contributed by atoms with Crippen LogP contribution in [-0.2, 0) is 52.1 Å². The summed E-state index contributed by atoms with van der Waals surface area (Å²) in [6.45, 7) is 11.9. The SMILES string of the molecule is CN(C)CCOCCOCCOCCOCCOCCOCCOCCOCCOCCOCCOCCN1C(=O)c2ccccc2C1=O. The van der Waals surface area contributed by atoms with Crippen molar-refractivity contribution in [2.45, 2.75) is 0 Å². The van der Waals surface area contributed by atoms with Crippen molar-refractivity contribution in [3.05, 3.63) is 35.4 Å². The molecule has 2 rings (SSSR count). The van der Waals surface area contributed by atoms with Gasteiger partial charge >= 0.3 is 0 Å². The van der Waals surface area contributed by atoms with Gasteiger partial charge in [-0.1, -0.05) is 12.1 Å². The number of hydrogen-bond donors (Lipinski definition) is 0. The van der Waals surface area contributed by atoms with E-state index in [4.69, 9.17) is 52.1 Å². The molecule has 0 unspecified atom stereocenters. The lowest BCUT2D eigenvalue weighted by molar-refractivity contribution is -0.0276. The standard InChI is InChI=1S/C34H58N2O13/c1-35(2)7-9-39-11-13-41-15-17-43-19-21-45-23-25-47-27-29-49-30-28-48-26-24-46-22-20-44-18-16-42-14-12-40-10-8-36-33(37)31-5-3-4-6-32(31)34(36)38/h3-6H,7-30H2,1-2H3. The molecule has 1 aliphatic rings. The van der Waals surface area contributed by atoms with Crippen molar-refractivity contribution in [2.75, 3.05) is 173 Å². The van der Waals surface area contributed by atoms with E-state index in [1.54, 1.807) is 24.3 Å². The summed E-state index contributed by atoms with van der Waals surface area (Å²) in [5.41, 5.74) is 0.885. The molecular weight excluding hydrogens is 644 g/mol. The Balaban J connectivity index is 1.17. The average molecular weight is 703 g/mol. The van der Waals surface area contributed by atoms with E-state index in [9.17, 15) is 9.59 Å². The summed E-state index contributed by atoms with van der Waals surface area (Å²) in [7, 11) is 4.03. The molecule has 49 heavy (non-hydrogen) atoms. The molecule has 15 nitrogen and oxygen atoms in total. The zero-order chi connectivity index (χ0) is 35.0. The number of nitrogens with zero attached hydrogens (tertiary/aromatic N) is 2. The van der Waals surface area contributed by atoms with Gasteiger partial charge in [-0.3, -0.25) is 14.5 Å². The lowest BCUT2D eigenvalue weighted by atomic mass is 10.1. The molecule has 0 saturated heterocycles. The summed E-state index contributed by atoms with van der Waals surface area (Å²) in [5, 5.41) is 0. The topological polar surface area (TPSA) is 142 Å². The largest absolute Gasteiger partial charge is 0.378 e. The summed E-state index contributed by atoms with van der Waals surface area (Å²) < 4.78 is 60.2. The van der Waals surface area contributed by atoms with Crippen LogP contribution >= 0.6 is 0 Å². The molecule has 282 valence electrons. The highest BCUT2D eigenvalue weighted by Gasteiger charge is 2.34. The van der Waals surface area contributed by atoms with Gasteiger partial charge in [-0.2, -0.15) is 0 Å². The Morgan fingerprint density at radius 2 is 0.653 bits per heavy atom. The van der Waals surface area contributed by atoms with Gasteiger partial charge in [0.15, 0.2) is 0 Å². The monoisotopic (exact) mass is 702 g/mol. The second-order valence-electron chi connectivity index (χ2n) is 10.8. The van der Waals surface area contributed by atoms with Crippen LogP contribution in [0.5, 0.6) is 0 Å². The number of imide groups is 1. The minimum Gasteiger partial charge on any atom is -0.378 e. The normalized spacial score (nSPS) is 12.9. The highest BCUT2D eigenvalue weighted by atomic mass is 16.6. The molecule has 0 radical (unpaired) electrons. The van der Waals surface area contributed by atoms with Gasteiger partial charge in [0.25, 0.3) is 11.8 Å². The number of amides is 2. The van der Waals surface area contributed by atoms with E-state index in [1.165, 1.54) is 4.90 Å². The summed E-state index contributed by atoms with van der Waals surface area (Å²) in [4.78, 5) is 27.9. The van der Waals surface area contributed by atoms with E-state index in [1.807, 2.05) is 14.1 Å². The van der Waals surface area contributed by atoms with Crippen molar-refractivity contribution in [3.8, 4) is 0 Å². The second kappa shape index (κ2) is 30.7. The fourth-order valence-electron chi connectivity index (χ4n) is 4.15. The van der Waals surface area contributed by atoms with Crippen molar-refractivity contribution >= 4 is 11.8 Å². The first-order valence-electron chi connectivity index (χ1n) is 17.1. The number of carbonyl (C=O) groups excluding carboxylic acids is 2. The first-order chi connectivity index (χ1) is 24.1. The Morgan fingerprint density at radius 1 is 0.408 bits per heavy atom. The molecule has 1 heterocycles. The van der Waals surface area contributed by atoms with Gasteiger partial charge in [0.05, 0.1) is 163 Å². The van der Waals surface area contributed by atoms with Crippen molar-refractivity contribution in [3.63, 3.8) is 0 Å². The zero-order valence-electron chi connectivity index (χ0n) is 29.5. The number of rotatable bonds is 36. The molecule has 0 aliphatic carbocycles. The van der Waals surface area contributed by atoms with Crippen LogP contribution in [0.3, 0.4) is 0 Å². The Kier molecular flexibility index (Phi) is 27.0. The van der Waals surface area contributed by atoms with Crippen LogP contribution in [0.2, 0.25) is 0 Å². The molecule has 1 aromatic rings. The third-order valence-electron chi connectivity index (χ3n) is 6.74.